The number of ether oxygens (including phenoxy) is 1. The van der Waals surface area contributed by atoms with Gasteiger partial charge >= 0.3 is 0 Å². The number of nitrogens with zero attached hydrogens (tertiary/aromatic N) is 1. The molecular weight excluding hydrogens is 382 g/mol. The third-order valence-electron chi connectivity index (χ3n) is 3.72. The van der Waals surface area contributed by atoms with Gasteiger partial charge in [-0.25, -0.2) is 8.42 Å². The number of anilines is 1. The molecule has 0 aromatic heterocycles. The smallest absolute Gasteiger partial charge is 0.261 e. The molecule has 0 unspecified atom stereocenters. The van der Waals surface area contributed by atoms with Crippen LogP contribution in [-0.2, 0) is 14.8 Å². The fourth-order valence-corrected chi connectivity index (χ4v) is 3.29. The molecule has 2 aromatic rings. The van der Waals surface area contributed by atoms with Crippen LogP contribution in [0.15, 0.2) is 53.4 Å². The molecule has 2 amide bonds. The minimum atomic E-state index is -3.82. The lowest BCUT2D eigenvalue weighted by Crippen LogP contribution is -2.36. The van der Waals surface area contributed by atoms with E-state index in [2.05, 4.69) is 10.0 Å². The van der Waals surface area contributed by atoms with E-state index in [4.69, 9.17) is 4.74 Å². The van der Waals surface area contributed by atoms with Crippen LogP contribution in [0, 0.1) is 0 Å². The number of benzene rings is 2. The molecule has 2 N–H and O–H groups in total. The maximum atomic E-state index is 12.5. The summed E-state index contributed by atoms with van der Waals surface area (Å²) in [5.41, 5.74) is 0.471. The van der Waals surface area contributed by atoms with Crippen molar-refractivity contribution in [1.29, 1.82) is 0 Å². The second-order valence-corrected chi connectivity index (χ2v) is 7.74. The molecule has 0 radical (unpaired) electrons. The highest BCUT2D eigenvalue weighted by Gasteiger charge is 2.16. The average Bonchev–Trinajstić information content (AvgIpc) is 2.66. The molecule has 0 aliphatic carbocycles. The maximum absolute atomic E-state index is 12.5. The molecule has 0 heterocycles. The molecule has 0 spiro atoms. The van der Waals surface area contributed by atoms with Crippen molar-refractivity contribution < 1.29 is 22.7 Å². The number of rotatable bonds is 8. The molecule has 0 aliphatic heterocycles. The molecule has 8 nitrogen and oxygen atoms in total. The summed E-state index contributed by atoms with van der Waals surface area (Å²) < 4.78 is 32.8. The topological polar surface area (TPSA) is 105 Å². The summed E-state index contributed by atoms with van der Waals surface area (Å²) in [6, 6.07) is 12.1. The van der Waals surface area contributed by atoms with Gasteiger partial charge in [-0.15, -0.1) is 0 Å². The maximum Gasteiger partial charge on any atom is 0.261 e. The van der Waals surface area contributed by atoms with Gasteiger partial charge in [0, 0.05) is 25.3 Å². The Morgan fingerprint density at radius 3 is 2.36 bits per heavy atom. The number of carbonyl (C=O) groups excluding carboxylic acids is 2. The van der Waals surface area contributed by atoms with Crippen LogP contribution in [0.1, 0.15) is 17.3 Å². The van der Waals surface area contributed by atoms with E-state index >= 15 is 0 Å². The predicted molar refractivity (Wildman–Crippen MR) is 106 cm³/mol. The van der Waals surface area contributed by atoms with Gasteiger partial charge in [0.05, 0.1) is 18.0 Å². The Balaban J connectivity index is 2.10. The van der Waals surface area contributed by atoms with Crippen LogP contribution in [-0.4, -0.2) is 52.4 Å². The van der Waals surface area contributed by atoms with Crippen molar-refractivity contribution in [3.05, 3.63) is 54.1 Å². The first-order chi connectivity index (χ1) is 13.2. The quantitative estimate of drug-likeness (QED) is 0.696. The molecule has 0 bridgehead atoms. The number of likely N-dealkylation sites (N-methyl/N-ethyl adjacent to an activating group) is 1. The molecule has 28 heavy (non-hydrogen) atoms. The van der Waals surface area contributed by atoms with Crippen LogP contribution in [0.5, 0.6) is 5.75 Å². The standard InChI is InChI=1S/C19H23N3O5S/c1-4-27-16-8-10-17(11-9-16)28(25,26)21-15-7-5-6-14(12-15)19(24)20-13-18(23)22(2)3/h5-12,21H,4,13H2,1-3H3,(H,20,24). The molecular formula is C19H23N3O5S. The summed E-state index contributed by atoms with van der Waals surface area (Å²) in [6.07, 6.45) is 0. The summed E-state index contributed by atoms with van der Waals surface area (Å²) in [6.45, 7) is 2.18. The van der Waals surface area contributed by atoms with Crippen molar-refractivity contribution >= 4 is 27.5 Å². The Hall–Kier alpha value is -3.07. The summed E-state index contributed by atoms with van der Waals surface area (Å²) >= 11 is 0. The van der Waals surface area contributed by atoms with Crippen molar-refractivity contribution in [3.8, 4) is 5.75 Å². The van der Waals surface area contributed by atoms with E-state index in [1.165, 1.54) is 35.2 Å². The van der Waals surface area contributed by atoms with Gasteiger partial charge in [-0.2, -0.15) is 0 Å². The molecule has 0 fully saturated rings. The molecule has 2 aromatic carbocycles. The lowest BCUT2D eigenvalue weighted by molar-refractivity contribution is -0.127. The van der Waals surface area contributed by atoms with Crippen LogP contribution in [0.4, 0.5) is 5.69 Å². The van der Waals surface area contributed by atoms with Crippen molar-refractivity contribution in [1.82, 2.24) is 10.2 Å². The fraction of sp³-hybridized carbons (Fsp3) is 0.263. The Kier molecular flexibility index (Phi) is 7.00. The lowest BCUT2D eigenvalue weighted by Gasteiger charge is -2.12. The lowest BCUT2D eigenvalue weighted by atomic mass is 10.2. The van der Waals surface area contributed by atoms with E-state index in [-0.39, 0.29) is 28.6 Å². The first-order valence-corrected chi connectivity index (χ1v) is 10.1. The summed E-state index contributed by atoms with van der Waals surface area (Å²) in [7, 11) is -0.646. The number of hydrogen-bond acceptors (Lipinski definition) is 5. The molecule has 0 saturated carbocycles. The zero-order valence-corrected chi connectivity index (χ0v) is 16.7. The minimum Gasteiger partial charge on any atom is -0.494 e. The fourth-order valence-electron chi connectivity index (χ4n) is 2.24. The van der Waals surface area contributed by atoms with Gasteiger partial charge in [0.2, 0.25) is 5.91 Å². The SMILES string of the molecule is CCOc1ccc(S(=O)(=O)Nc2cccc(C(=O)NCC(=O)N(C)C)c2)cc1. The largest absolute Gasteiger partial charge is 0.494 e. The Labute approximate surface area is 164 Å². The van der Waals surface area contributed by atoms with Gasteiger partial charge in [-0.05, 0) is 49.4 Å². The highest BCUT2D eigenvalue weighted by atomic mass is 32.2. The molecule has 0 aliphatic rings. The normalized spacial score (nSPS) is 10.8. The van der Waals surface area contributed by atoms with Crippen molar-refractivity contribution in [2.45, 2.75) is 11.8 Å². The highest BCUT2D eigenvalue weighted by Crippen LogP contribution is 2.20. The van der Waals surface area contributed by atoms with Crippen molar-refractivity contribution in [3.63, 3.8) is 0 Å². The molecule has 0 saturated heterocycles. The van der Waals surface area contributed by atoms with E-state index in [0.29, 0.717) is 12.4 Å². The van der Waals surface area contributed by atoms with Gasteiger partial charge < -0.3 is 15.0 Å². The number of hydrogen-bond donors (Lipinski definition) is 2. The van der Waals surface area contributed by atoms with Crippen LogP contribution in [0.25, 0.3) is 0 Å². The summed E-state index contributed by atoms with van der Waals surface area (Å²) in [5, 5.41) is 2.50. The molecule has 2 rings (SSSR count). The van der Waals surface area contributed by atoms with Crippen LogP contribution in [0.2, 0.25) is 0 Å². The molecule has 9 heteroatoms. The Morgan fingerprint density at radius 2 is 1.75 bits per heavy atom. The average molecular weight is 405 g/mol. The summed E-state index contributed by atoms with van der Waals surface area (Å²) in [5.74, 6) is -0.148. The molecule has 150 valence electrons. The van der Waals surface area contributed by atoms with Gasteiger partial charge in [0.15, 0.2) is 0 Å². The monoisotopic (exact) mass is 405 g/mol. The van der Waals surface area contributed by atoms with Gasteiger partial charge in [-0.3, -0.25) is 14.3 Å². The zero-order valence-electron chi connectivity index (χ0n) is 15.9. The van der Waals surface area contributed by atoms with E-state index in [1.54, 1.807) is 32.3 Å². The zero-order chi connectivity index (χ0) is 20.7. The first kappa shape index (κ1) is 21.2. The second kappa shape index (κ2) is 9.23. The van der Waals surface area contributed by atoms with Gasteiger partial charge in [0.25, 0.3) is 15.9 Å². The first-order valence-electron chi connectivity index (χ1n) is 8.57. The number of carbonyl (C=O) groups is 2. The van der Waals surface area contributed by atoms with Crippen LogP contribution in [0.3, 0.4) is 0 Å². The third kappa shape index (κ3) is 5.71. The van der Waals surface area contributed by atoms with E-state index in [1.807, 2.05) is 6.92 Å². The van der Waals surface area contributed by atoms with Crippen molar-refractivity contribution in [2.75, 3.05) is 32.0 Å². The number of sulfonamides is 1. The van der Waals surface area contributed by atoms with Gasteiger partial charge in [-0.1, -0.05) is 6.07 Å². The highest BCUT2D eigenvalue weighted by molar-refractivity contribution is 7.92. The Bertz CT molecular complexity index is 940. The third-order valence-corrected chi connectivity index (χ3v) is 5.12. The molecule has 0 atom stereocenters. The van der Waals surface area contributed by atoms with E-state index in [0.717, 1.165) is 0 Å². The summed E-state index contributed by atoms with van der Waals surface area (Å²) in [4.78, 5) is 25.2. The number of amides is 2. The Morgan fingerprint density at radius 1 is 1.07 bits per heavy atom. The van der Waals surface area contributed by atoms with Crippen molar-refractivity contribution in [2.24, 2.45) is 0 Å². The van der Waals surface area contributed by atoms with Crippen LogP contribution >= 0.6 is 0 Å². The van der Waals surface area contributed by atoms with Crippen LogP contribution < -0.4 is 14.8 Å². The minimum absolute atomic E-state index is 0.0717. The van der Waals surface area contributed by atoms with E-state index < -0.39 is 15.9 Å². The van der Waals surface area contributed by atoms with E-state index in [9.17, 15) is 18.0 Å². The van der Waals surface area contributed by atoms with Gasteiger partial charge in [0.1, 0.15) is 5.75 Å². The predicted octanol–water partition coefficient (Wildman–Crippen LogP) is 1.70. The number of nitrogens with one attached hydrogen (secondary N) is 2. The second-order valence-electron chi connectivity index (χ2n) is 6.06.